The first-order chi connectivity index (χ1) is 8.67. The van der Waals surface area contributed by atoms with Crippen LogP contribution in [0.15, 0.2) is 22.5 Å². The van der Waals surface area contributed by atoms with Gasteiger partial charge in [-0.15, -0.1) is 11.3 Å². The van der Waals surface area contributed by atoms with E-state index >= 15 is 0 Å². The fourth-order valence-corrected chi connectivity index (χ4v) is 4.08. The first-order valence-corrected chi connectivity index (χ1v) is 7.60. The van der Waals surface area contributed by atoms with Crippen LogP contribution in [-0.2, 0) is 9.84 Å². The van der Waals surface area contributed by atoms with Crippen molar-refractivity contribution in [2.24, 2.45) is 0 Å². The number of sulfone groups is 1. The average molecular weight is 310 g/mol. The molecule has 1 aromatic heterocycles. The van der Waals surface area contributed by atoms with E-state index in [2.05, 4.69) is 4.98 Å². The first-order valence-electron chi connectivity index (χ1n) is 5.13. The smallest absolute Gasteiger partial charge is 0.390 e. The van der Waals surface area contributed by atoms with Crippen molar-refractivity contribution in [1.29, 1.82) is 0 Å². The Morgan fingerprint density at radius 1 is 1.32 bits per heavy atom. The molecule has 0 fully saturated rings. The molecule has 0 spiro atoms. The fourth-order valence-electron chi connectivity index (χ4n) is 1.39. The van der Waals surface area contributed by atoms with Gasteiger partial charge in [-0.1, -0.05) is 0 Å². The summed E-state index contributed by atoms with van der Waals surface area (Å²) in [7, 11) is -4.02. The molecule has 2 aromatic rings. The Morgan fingerprint density at radius 3 is 2.63 bits per heavy atom. The van der Waals surface area contributed by atoms with Crippen molar-refractivity contribution in [3.8, 4) is 0 Å². The molecule has 0 atom stereocenters. The molecule has 0 unspecified atom stereocenters. The van der Waals surface area contributed by atoms with Crippen LogP contribution in [-0.4, -0.2) is 25.3 Å². The zero-order valence-corrected chi connectivity index (χ0v) is 11.1. The van der Waals surface area contributed by atoms with Crippen molar-refractivity contribution < 1.29 is 21.6 Å². The van der Waals surface area contributed by atoms with Crippen molar-refractivity contribution >= 4 is 37.1 Å². The second-order valence-electron chi connectivity index (χ2n) is 3.89. The highest BCUT2D eigenvalue weighted by Gasteiger charge is 2.31. The van der Waals surface area contributed by atoms with E-state index in [1.54, 1.807) is 6.07 Å². The molecule has 0 aliphatic carbocycles. The van der Waals surface area contributed by atoms with E-state index in [-0.39, 0.29) is 4.34 Å². The normalized spacial score (nSPS) is 13.0. The Morgan fingerprint density at radius 2 is 2.00 bits per heavy atom. The monoisotopic (exact) mass is 310 g/mol. The number of nitrogens with two attached hydrogens (primary N) is 1. The molecule has 2 N–H and O–H groups in total. The first kappa shape index (κ1) is 14.1. The summed E-state index contributed by atoms with van der Waals surface area (Å²) in [4.78, 5) is 3.83. The lowest BCUT2D eigenvalue weighted by Gasteiger charge is -2.04. The zero-order valence-electron chi connectivity index (χ0n) is 9.44. The predicted octanol–water partition coefficient (Wildman–Crippen LogP) is 2.60. The van der Waals surface area contributed by atoms with Crippen molar-refractivity contribution in [3.63, 3.8) is 0 Å². The van der Waals surface area contributed by atoms with Crippen molar-refractivity contribution in [2.75, 3.05) is 11.5 Å². The van der Waals surface area contributed by atoms with Crippen LogP contribution in [0.5, 0.6) is 0 Å². The predicted molar refractivity (Wildman–Crippen MR) is 66.8 cm³/mol. The van der Waals surface area contributed by atoms with Crippen LogP contribution < -0.4 is 5.73 Å². The molecule has 104 valence electrons. The minimum Gasteiger partial charge on any atom is -0.399 e. The van der Waals surface area contributed by atoms with Gasteiger partial charge >= 0.3 is 6.18 Å². The summed E-state index contributed by atoms with van der Waals surface area (Å²) < 4.78 is 59.9. The molecule has 0 amide bonds. The Balaban J connectivity index is 2.33. The summed E-state index contributed by atoms with van der Waals surface area (Å²) in [5, 5.41) is 0. The molecule has 9 heteroatoms. The van der Waals surface area contributed by atoms with E-state index < -0.39 is 28.2 Å². The third-order valence-electron chi connectivity index (χ3n) is 2.31. The molecule has 0 saturated carbocycles. The van der Waals surface area contributed by atoms with Crippen molar-refractivity contribution in [2.45, 2.75) is 16.9 Å². The van der Waals surface area contributed by atoms with Gasteiger partial charge in [0.05, 0.1) is 22.4 Å². The van der Waals surface area contributed by atoms with Crippen LogP contribution in [0.3, 0.4) is 0 Å². The number of anilines is 1. The molecule has 1 aromatic carbocycles. The largest absolute Gasteiger partial charge is 0.399 e. The second-order valence-corrected chi connectivity index (χ2v) is 7.20. The van der Waals surface area contributed by atoms with E-state index in [9.17, 15) is 21.6 Å². The standard InChI is InChI=1S/C10H9F3N2O2S2/c11-10(12,13)3-4-19(16,17)9-15-7-2-1-6(14)5-8(7)18-9/h1-2,5H,3-4,14H2. The van der Waals surface area contributed by atoms with E-state index in [0.29, 0.717) is 15.9 Å². The number of alkyl halides is 3. The number of nitrogen functional groups attached to an aromatic ring is 1. The second kappa shape index (κ2) is 4.64. The number of aromatic nitrogens is 1. The molecule has 0 saturated heterocycles. The Hall–Kier alpha value is -1.35. The van der Waals surface area contributed by atoms with Gasteiger partial charge in [0.1, 0.15) is 0 Å². The number of nitrogens with zero attached hydrogens (tertiary/aromatic N) is 1. The topological polar surface area (TPSA) is 73.0 Å². The molecular formula is C10H9F3N2O2S2. The highest BCUT2D eigenvalue weighted by molar-refractivity contribution is 7.93. The lowest BCUT2D eigenvalue weighted by molar-refractivity contribution is -0.129. The van der Waals surface area contributed by atoms with Gasteiger partial charge in [0.15, 0.2) is 0 Å². The third kappa shape index (κ3) is 3.35. The SMILES string of the molecule is Nc1ccc2nc(S(=O)(=O)CCC(F)(F)F)sc2c1. The minimum absolute atomic E-state index is 0.308. The van der Waals surface area contributed by atoms with E-state index in [0.717, 1.165) is 11.3 Å². The van der Waals surface area contributed by atoms with Gasteiger partial charge in [-0.05, 0) is 18.2 Å². The Labute approximate surface area is 111 Å². The summed E-state index contributed by atoms with van der Waals surface area (Å²) in [5.41, 5.74) is 6.39. The molecule has 0 aliphatic rings. The lowest BCUT2D eigenvalue weighted by atomic mass is 10.3. The number of thiazole rings is 1. The molecule has 1 heterocycles. The van der Waals surface area contributed by atoms with Gasteiger partial charge < -0.3 is 5.73 Å². The Bertz CT molecular complexity index is 707. The van der Waals surface area contributed by atoms with Gasteiger partial charge in [0, 0.05) is 5.69 Å². The molecule has 0 bridgehead atoms. The minimum atomic E-state index is -4.51. The molecule has 19 heavy (non-hydrogen) atoms. The summed E-state index contributed by atoms with van der Waals surface area (Å²) in [6.07, 6.45) is -5.89. The molecule has 2 rings (SSSR count). The van der Waals surface area contributed by atoms with Gasteiger partial charge in [0.2, 0.25) is 14.2 Å². The van der Waals surface area contributed by atoms with Gasteiger partial charge in [-0.2, -0.15) is 13.2 Å². The van der Waals surface area contributed by atoms with Crippen molar-refractivity contribution in [1.82, 2.24) is 4.98 Å². The van der Waals surface area contributed by atoms with E-state index in [4.69, 9.17) is 5.73 Å². The molecule has 0 radical (unpaired) electrons. The summed E-state index contributed by atoms with van der Waals surface area (Å²) in [6, 6.07) is 4.62. The van der Waals surface area contributed by atoms with E-state index in [1.807, 2.05) is 0 Å². The lowest BCUT2D eigenvalue weighted by Crippen LogP contribution is -2.16. The number of hydrogen-bond acceptors (Lipinski definition) is 5. The zero-order chi connectivity index (χ0) is 14.3. The molecule has 0 aliphatic heterocycles. The third-order valence-corrected chi connectivity index (χ3v) is 5.50. The highest BCUT2D eigenvalue weighted by atomic mass is 32.2. The number of benzene rings is 1. The number of halogens is 3. The van der Waals surface area contributed by atoms with Gasteiger partial charge in [-0.25, -0.2) is 13.4 Å². The van der Waals surface area contributed by atoms with Gasteiger partial charge in [0.25, 0.3) is 0 Å². The highest BCUT2D eigenvalue weighted by Crippen LogP contribution is 2.29. The number of hydrogen-bond donors (Lipinski definition) is 1. The average Bonchev–Trinajstić information content (AvgIpc) is 2.69. The summed E-state index contributed by atoms with van der Waals surface area (Å²) in [5.74, 6) is -0.994. The summed E-state index contributed by atoms with van der Waals surface area (Å²) in [6.45, 7) is 0. The summed E-state index contributed by atoms with van der Waals surface area (Å²) >= 11 is 0.823. The number of fused-ring (bicyclic) bond motifs is 1. The van der Waals surface area contributed by atoms with Crippen LogP contribution in [0.4, 0.5) is 18.9 Å². The van der Waals surface area contributed by atoms with Gasteiger partial charge in [-0.3, -0.25) is 0 Å². The molecule has 4 nitrogen and oxygen atoms in total. The van der Waals surface area contributed by atoms with Crippen molar-refractivity contribution in [3.05, 3.63) is 18.2 Å². The van der Waals surface area contributed by atoms with Crippen LogP contribution in [0.2, 0.25) is 0 Å². The number of rotatable bonds is 3. The maximum absolute atomic E-state index is 12.1. The van der Waals surface area contributed by atoms with Crippen LogP contribution in [0, 0.1) is 0 Å². The maximum atomic E-state index is 12.1. The maximum Gasteiger partial charge on any atom is 0.390 e. The Kier molecular flexibility index (Phi) is 3.43. The molecular weight excluding hydrogens is 301 g/mol. The fraction of sp³-hybridized carbons (Fsp3) is 0.300. The van der Waals surface area contributed by atoms with E-state index in [1.165, 1.54) is 12.1 Å². The quantitative estimate of drug-likeness (QED) is 0.884. The van der Waals surface area contributed by atoms with Crippen LogP contribution in [0.1, 0.15) is 6.42 Å². The van der Waals surface area contributed by atoms with Crippen LogP contribution >= 0.6 is 11.3 Å². The van der Waals surface area contributed by atoms with Crippen LogP contribution in [0.25, 0.3) is 10.2 Å².